The number of primary amides is 1. The molecule has 2 N–H and O–H groups in total. The van der Waals surface area contributed by atoms with E-state index in [-0.39, 0.29) is 11.7 Å². The number of nitrogens with zero attached hydrogens (tertiary/aromatic N) is 2. The molecule has 2 aromatic rings. The molecule has 0 saturated heterocycles. The van der Waals surface area contributed by atoms with Crippen LogP contribution in [0.1, 0.15) is 0 Å². The Morgan fingerprint density at radius 1 is 1.47 bits per heavy atom. The van der Waals surface area contributed by atoms with E-state index in [0.717, 1.165) is 15.3 Å². The van der Waals surface area contributed by atoms with E-state index >= 15 is 0 Å². The summed E-state index contributed by atoms with van der Waals surface area (Å²) in [6.45, 7) is 0. The summed E-state index contributed by atoms with van der Waals surface area (Å²) in [5.74, 6) is -0.127. The number of carbonyl (C=O) groups excluding carboxylic acids is 1. The second-order valence-corrected chi connectivity index (χ2v) is 5.08. The van der Waals surface area contributed by atoms with Gasteiger partial charge in [-0.1, -0.05) is 23.9 Å². The van der Waals surface area contributed by atoms with Crippen LogP contribution in [0.3, 0.4) is 0 Å². The molecular weight excluding hydrogens is 302 g/mol. The van der Waals surface area contributed by atoms with Crippen LogP contribution in [0, 0.1) is 0 Å². The lowest BCUT2D eigenvalue weighted by atomic mass is 10.3. The first-order valence-electron chi connectivity index (χ1n) is 4.88. The minimum atomic E-state index is -0.350. The molecule has 0 aliphatic heterocycles. The summed E-state index contributed by atoms with van der Waals surface area (Å²) in [5, 5.41) is 0.746. The maximum Gasteiger partial charge on any atom is 0.227 e. The molecule has 88 valence electrons. The van der Waals surface area contributed by atoms with Crippen molar-refractivity contribution in [2.45, 2.75) is 5.16 Å². The lowest BCUT2D eigenvalue weighted by Crippen LogP contribution is -2.13. The van der Waals surface area contributed by atoms with Gasteiger partial charge in [-0.05, 0) is 28.1 Å². The van der Waals surface area contributed by atoms with Gasteiger partial charge >= 0.3 is 0 Å². The number of nitrogens with two attached hydrogens (primary N) is 1. The van der Waals surface area contributed by atoms with Crippen LogP contribution in [0.4, 0.5) is 0 Å². The van der Waals surface area contributed by atoms with Gasteiger partial charge in [-0.15, -0.1) is 0 Å². The zero-order chi connectivity index (χ0) is 12.3. The number of amides is 1. The Kier molecular flexibility index (Phi) is 3.86. The number of benzene rings is 1. The minimum absolute atomic E-state index is 0.224. The molecule has 0 radical (unpaired) electrons. The number of imidazole rings is 1. The van der Waals surface area contributed by atoms with Gasteiger partial charge in [0.15, 0.2) is 5.16 Å². The molecule has 0 fully saturated rings. The number of hydrogen-bond acceptors (Lipinski definition) is 3. The molecular formula is C11H10BrN3OS. The summed E-state index contributed by atoms with van der Waals surface area (Å²) in [5.41, 5.74) is 6.10. The molecule has 6 heteroatoms. The molecule has 1 aromatic carbocycles. The molecule has 0 aliphatic rings. The third kappa shape index (κ3) is 2.89. The largest absolute Gasteiger partial charge is 0.369 e. The molecule has 0 bridgehead atoms. The second-order valence-electron chi connectivity index (χ2n) is 3.29. The van der Waals surface area contributed by atoms with Gasteiger partial charge in [0.2, 0.25) is 5.91 Å². The predicted molar refractivity (Wildman–Crippen MR) is 71.2 cm³/mol. The zero-order valence-corrected chi connectivity index (χ0v) is 11.2. The van der Waals surface area contributed by atoms with Crippen LogP contribution in [0.25, 0.3) is 5.69 Å². The van der Waals surface area contributed by atoms with Gasteiger partial charge in [0, 0.05) is 16.9 Å². The van der Waals surface area contributed by atoms with Crippen molar-refractivity contribution in [1.82, 2.24) is 9.55 Å². The molecule has 0 saturated carbocycles. The van der Waals surface area contributed by atoms with Crippen molar-refractivity contribution in [3.8, 4) is 5.69 Å². The monoisotopic (exact) mass is 311 g/mol. The summed E-state index contributed by atoms with van der Waals surface area (Å²) in [4.78, 5) is 15.0. The highest BCUT2D eigenvalue weighted by molar-refractivity contribution is 9.10. The Morgan fingerprint density at radius 2 is 2.24 bits per heavy atom. The minimum Gasteiger partial charge on any atom is -0.369 e. The van der Waals surface area contributed by atoms with Crippen LogP contribution >= 0.6 is 27.7 Å². The number of halogens is 1. The fourth-order valence-corrected chi connectivity index (χ4v) is 2.54. The maximum atomic E-state index is 10.8. The maximum absolute atomic E-state index is 10.8. The van der Waals surface area contributed by atoms with Crippen molar-refractivity contribution in [1.29, 1.82) is 0 Å². The molecule has 2 rings (SSSR count). The average Bonchev–Trinajstić information content (AvgIpc) is 2.75. The molecule has 0 spiro atoms. The van der Waals surface area contributed by atoms with E-state index in [4.69, 9.17) is 5.73 Å². The van der Waals surface area contributed by atoms with Gasteiger partial charge in [0.25, 0.3) is 0 Å². The fourth-order valence-electron chi connectivity index (χ4n) is 1.36. The van der Waals surface area contributed by atoms with Crippen molar-refractivity contribution in [3.05, 3.63) is 41.1 Å². The molecule has 1 heterocycles. The van der Waals surface area contributed by atoms with Gasteiger partial charge in [0.05, 0.1) is 11.4 Å². The Hall–Kier alpha value is -1.27. The van der Waals surface area contributed by atoms with E-state index in [2.05, 4.69) is 20.9 Å². The molecule has 17 heavy (non-hydrogen) atoms. The Morgan fingerprint density at radius 3 is 2.94 bits per heavy atom. The molecule has 0 atom stereocenters. The van der Waals surface area contributed by atoms with Crippen LogP contribution in [0.15, 0.2) is 46.3 Å². The summed E-state index contributed by atoms with van der Waals surface area (Å²) >= 11 is 4.80. The van der Waals surface area contributed by atoms with Crippen LogP contribution in [-0.4, -0.2) is 21.2 Å². The van der Waals surface area contributed by atoms with E-state index in [0.29, 0.717) is 0 Å². The lowest BCUT2D eigenvalue weighted by Gasteiger charge is -2.08. The Balaban J connectivity index is 2.31. The van der Waals surface area contributed by atoms with Crippen LogP contribution in [-0.2, 0) is 4.79 Å². The quantitative estimate of drug-likeness (QED) is 0.881. The molecule has 0 aliphatic carbocycles. The Bertz CT molecular complexity index is 541. The second kappa shape index (κ2) is 5.37. The van der Waals surface area contributed by atoms with Crippen LogP contribution in [0.2, 0.25) is 0 Å². The SMILES string of the molecule is NC(=O)CSc1nccn1-c1ccccc1Br. The summed E-state index contributed by atoms with van der Waals surface area (Å²) in [7, 11) is 0. The predicted octanol–water partition coefficient (Wildman–Crippen LogP) is 2.21. The van der Waals surface area contributed by atoms with Crippen LogP contribution in [0.5, 0.6) is 0 Å². The molecule has 0 unspecified atom stereocenters. The highest BCUT2D eigenvalue weighted by Crippen LogP contribution is 2.25. The molecule has 1 amide bonds. The van der Waals surface area contributed by atoms with Gasteiger partial charge in [-0.25, -0.2) is 4.98 Å². The van der Waals surface area contributed by atoms with Crippen molar-refractivity contribution in [2.24, 2.45) is 5.73 Å². The van der Waals surface area contributed by atoms with Crippen LogP contribution < -0.4 is 5.73 Å². The van der Waals surface area contributed by atoms with Crippen molar-refractivity contribution in [2.75, 3.05) is 5.75 Å². The fraction of sp³-hybridized carbons (Fsp3) is 0.0909. The van der Waals surface area contributed by atoms with E-state index in [1.54, 1.807) is 6.20 Å². The zero-order valence-electron chi connectivity index (χ0n) is 8.84. The van der Waals surface area contributed by atoms with Gasteiger partial charge in [-0.3, -0.25) is 9.36 Å². The first kappa shape index (κ1) is 12.2. The number of carbonyl (C=O) groups is 1. The third-order valence-corrected chi connectivity index (χ3v) is 3.72. The number of thioether (sulfide) groups is 1. The first-order chi connectivity index (χ1) is 8.18. The number of hydrogen-bond donors (Lipinski definition) is 1. The third-order valence-electron chi connectivity index (χ3n) is 2.06. The summed E-state index contributed by atoms with van der Waals surface area (Å²) in [6, 6.07) is 7.82. The number of aromatic nitrogens is 2. The molecule has 1 aromatic heterocycles. The number of para-hydroxylation sites is 1. The van der Waals surface area contributed by atoms with E-state index in [9.17, 15) is 4.79 Å². The first-order valence-corrected chi connectivity index (χ1v) is 6.65. The van der Waals surface area contributed by atoms with E-state index in [1.807, 2.05) is 35.0 Å². The van der Waals surface area contributed by atoms with Crippen molar-refractivity contribution >= 4 is 33.6 Å². The highest BCUT2D eigenvalue weighted by atomic mass is 79.9. The normalized spacial score (nSPS) is 10.4. The highest BCUT2D eigenvalue weighted by Gasteiger charge is 2.09. The molecule has 4 nitrogen and oxygen atoms in total. The standard InChI is InChI=1S/C11H10BrN3OS/c12-8-3-1-2-4-9(8)15-6-5-14-11(15)17-7-10(13)16/h1-6H,7H2,(H2,13,16). The average molecular weight is 312 g/mol. The summed E-state index contributed by atoms with van der Waals surface area (Å²) in [6.07, 6.45) is 3.55. The number of rotatable bonds is 4. The van der Waals surface area contributed by atoms with Crippen molar-refractivity contribution in [3.63, 3.8) is 0 Å². The Labute approximate surface area is 111 Å². The van der Waals surface area contributed by atoms with Gasteiger partial charge < -0.3 is 5.73 Å². The van der Waals surface area contributed by atoms with E-state index < -0.39 is 0 Å². The van der Waals surface area contributed by atoms with Crippen molar-refractivity contribution < 1.29 is 4.79 Å². The van der Waals surface area contributed by atoms with E-state index in [1.165, 1.54) is 11.8 Å². The van der Waals surface area contributed by atoms with Gasteiger partial charge in [-0.2, -0.15) is 0 Å². The van der Waals surface area contributed by atoms with Gasteiger partial charge in [0.1, 0.15) is 0 Å². The lowest BCUT2D eigenvalue weighted by molar-refractivity contribution is -0.115. The topological polar surface area (TPSA) is 60.9 Å². The summed E-state index contributed by atoms with van der Waals surface area (Å²) < 4.78 is 2.89. The smallest absolute Gasteiger partial charge is 0.227 e.